The lowest BCUT2D eigenvalue weighted by molar-refractivity contribution is 0.0616. The second-order valence-electron chi connectivity index (χ2n) is 8.65. The molecule has 12 nitrogen and oxygen atoms in total. The van der Waals surface area contributed by atoms with Crippen LogP contribution in [0.3, 0.4) is 0 Å². The van der Waals surface area contributed by atoms with Gasteiger partial charge in [-0.3, -0.25) is 19.0 Å². The second kappa shape index (κ2) is 9.47. The number of aliphatic hydroxyl groups is 3. The highest BCUT2D eigenvalue weighted by Gasteiger charge is 2.35. The SMILES string of the molecule is Cc1c(C=NN2C(=O)c3cccc4c(NC(CO)(CO)CO)ccc(c34)C2=O)c(O)n(C)c(=O)c1C#N. The number of hydrogen-bond donors (Lipinski definition) is 5. The van der Waals surface area contributed by atoms with E-state index in [1.54, 1.807) is 18.2 Å². The number of aromatic nitrogens is 1. The third-order valence-corrected chi connectivity index (χ3v) is 6.46. The Balaban J connectivity index is 1.81. The molecule has 0 saturated carbocycles. The van der Waals surface area contributed by atoms with E-state index in [1.165, 1.54) is 32.2 Å². The van der Waals surface area contributed by atoms with E-state index in [2.05, 4.69) is 10.4 Å². The number of imide groups is 1. The minimum absolute atomic E-state index is 0.00356. The summed E-state index contributed by atoms with van der Waals surface area (Å²) in [6.45, 7) is -0.285. The summed E-state index contributed by atoms with van der Waals surface area (Å²) in [6, 6.07) is 9.50. The lowest BCUT2D eigenvalue weighted by atomic mass is 9.92. The highest BCUT2D eigenvalue weighted by molar-refractivity contribution is 6.26. The van der Waals surface area contributed by atoms with E-state index >= 15 is 0 Å². The molecule has 4 rings (SSSR count). The van der Waals surface area contributed by atoms with Crippen LogP contribution in [0.2, 0.25) is 0 Å². The molecule has 37 heavy (non-hydrogen) atoms. The maximum absolute atomic E-state index is 13.3. The van der Waals surface area contributed by atoms with Crippen molar-refractivity contribution in [3.8, 4) is 11.9 Å². The van der Waals surface area contributed by atoms with Gasteiger partial charge in [0.2, 0.25) is 5.88 Å². The first-order valence-corrected chi connectivity index (χ1v) is 11.1. The predicted octanol–water partition coefficient (Wildman–Crippen LogP) is 0.182. The summed E-state index contributed by atoms with van der Waals surface area (Å²) in [6.07, 6.45) is 1.04. The zero-order chi connectivity index (χ0) is 27.1. The molecule has 2 aromatic carbocycles. The van der Waals surface area contributed by atoms with Crippen LogP contribution < -0.4 is 10.9 Å². The Morgan fingerprint density at radius 2 is 1.68 bits per heavy atom. The Kier molecular flexibility index (Phi) is 6.53. The summed E-state index contributed by atoms with van der Waals surface area (Å²) in [4.78, 5) is 38.8. The van der Waals surface area contributed by atoms with E-state index in [1.807, 2.05) is 0 Å². The molecule has 12 heteroatoms. The standard InChI is InChI=1S/C25H23N5O7/c1-13-17(8-26)21(34)29(2)22(35)18(13)9-27-30-23(36)15-5-3-4-14-19(28-25(10-31,11-32)12-33)7-6-16(20(14)15)24(30)37/h3-7,9,28,31-33,35H,10-12H2,1-2H3. The lowest BCUT2D eigenvalue weighted by Gasteiger charge is -2.31. The zero-order valence-electron chi connectivity index (χ0n) is 19.9. The molecule has 2 amide bonds. The van der Waals surface area contributed by atoms with Crippen molar-refractivity contribution in [3.05, 3.63) is 68.5 Å². The van der Waals surface area contributed by atoms with Crippen molar-refractivity contribution in [1.82, 2.24) is 9.58 Å². The van der Waals surface area contributed by atoms with E-state index in [9.17, 15) is 40.1 Å². The number of aliphatic hydroxyl groups excluding tert-OH is 3. The van der Waals surface area contributed by atoms with E-state index in [0.29, 0.717) is 21.5 Å². The second-order valence-corrected chi connectivity index (χ2v) is 8.65. The van der Waals surface area contributed by atoms with Crippen molar-refractivity contribution < 1.29 is 30.0 Å². The van der Waals surface area contributed by atoms with Crippen molar-refractivity contribution in [3.63, 3.8) is 0 Å². The minimum Gasteiger partial charge on any atom is -0.494 e. The van der Waals surface area contributed by atoms with Gasteiger partial charge in [-0.05, 0) is 30.7 Å². The summed E-state index contributed by atoms with van der Waals surface area (Å²) in [5, 5.41) is 57.1. The van der Waals surface area contributed by atoms with Gasteiger partial charge in [0.25, 0.3) is 17.4 Å². The number of aromatic hydroxyl groups is 1. The average Bonchev–Trinajstić information content (AvgIpc) is 2.91. The number of rotatable bonds is 7. The van der Waals surface area contributed by atoms with Crippen molar-refractivity contribution in [2.45, 2.75) is 12.5 Å². The Morgan fingerprint density at radius 3 is 2.27 bits per heavy atom. The number of hydrazone groups is 1. The van der Waals surface area contributed by atoms with Crippen LogP contribution in [0.5, 0.6) is 5.88 Å². The van der Waals surface area contributed by atoms with Gasteiger partial charge < -0.3 is 25.7 Å². The van der Waals surface area contributed by atoms with Crippen LogP contribution in [0.25, 0.3) is 10.8 Å². The fourth-order valence-corrected chi connectivity index (χ4v) is 4.16. The van der Waals surface area contributed by atoms with Crippen molar-refractivity contribution in [1.29, 1.82) is 5.26 Å². The number of pyridine rings is 1. The van der Waals surface area contributed by atoms with Gasteiger partial charge in [0.15, 0.2) is 0 Å². The molecule has 5 N–H and O–H groups in total. The van der Waals surface area contributed by atoms with Crippen LogP contribution in [0, 0.1) is 18.3 Å². The molecule has 2 heterocycles. The van der Waals surface area contributed by atoms with Gasteiger partial charge in [0.1, 0.15) is 17.2 Å². The van der Waals surface area contributed by atoms with E-state index in [0.717, 1.165) is 10.8 Å². The lowest BCUT2D eigenvalue weighted by Crippen LogP contribution is -2.49. The number of anilines is 1. The molecule has 0 spiro atoms. The van der Waals surface area contributed by atoms with Crippen LogP contribution in [-0.4, -0.2) is 73.4 Å². The fourth-order valence-electron chi connectivity index (χ4n) is 4.16. The van der Waals surface area contributed by atoms with Gasteiger partial charge in [0.05, 0.1) is 42.7 Å². The molecule has 0 aliphatic carbocycles. The maximum Gasteiger partial charge on any atom is 0.282 e. The Hall–Kier alpha value is -4.57. The number of hydrogen-bond acceptors (Lipinski definition) is 10. The van der Waals surface area contributed by atoms with E-state index in [-0.39, 0.29) is 27.8 Å². The molecule has 1 aliphatic heterocycles. The van der Waals surface area contributed by atoms with Crippen molar-refractivity contribution in [2.24, 2.45) is 12.1 Å². The van der Waals surface area contributed by atoms with Gasteiger partial charge >= 0.3 is 0 Å². The third-order valence-electron chi connectivity index (χ3n) is 6.46. The summed E-state index contributed by atoms with van der Waals surface area (Å²) in [5.41, 5.74) is -1.53. The molecule has 0 radical (unpaired) electrons. The first kappa shape index (κ1) is 25.5. The number of carbonyl (C=O) groups excluding carboxylic acids is 2. The quantitative estimate of drug-likeness (QED) is 0.220. The predicted molar refractivity (Wildman–Crippen MR) is 132 cm³/mol. The fraction of sp³-hybridized carbons (Fsp3) is 0.240. The van der Waals surface area contributed by atoms with Crippen molar-refractivity contribution in [2.75, 3.05) is 25.1 Å². The molecule has 0 saturated heterocycles. The average molecular weight is 505 g/mol. The molecule has 3 aromatic rings. The summed E-state index contributed by atoms with van der Waals surface area (Å²) in [5.74, 6) is -1.99. The summed E-state index contributed by atoms with van der Waals surface area (Å²) >= 11 is 0. The molecule has 0 fully saturated rings. The molecule has 0 bridgehead atoms. The number of amides is 2. The zero-order valence-corrected chi connectivity index (χ0v) is 19.9. The monoisotopic (exact) mass is 505 g/mol. The number of nitrogens with one attached hydrogen (secondary N) is 1. The third kappa shape index (κ3) is 3.91. The number of benzene rings is 2. The topological polar surface area (TPSA) is 188 Å². The van der Waals surface area contributed by atoms with Crippen LogP contribution in [0.4, 0.5) is 5.69 Å². The van der Waals surface area contributed by atoms with Crippen LogP contribution in [-0.2, 0) is 7.05 Å². The van der Waals surface area contributed by atoms with Crippen LogP contribution in [0.1, 0.15) is 37.4 Å². The van der Waals surface area contributed by atoms with Gasteiger partial charge in [-0.15, -0.1) is 0 Å². The summed E-state index contributed by atoms with van der Waals surface area (Å²) in [7, 11) is 1.27. The van der Waals surface area contributed by atoms with Gasteiger partial charge in [-0.2, -0.15) is 15.4 Å². The maximum atomic E-state index is 13.3. The first-order chi connectivity index (χ1) is 17.6. The first-order valence-electron chi connectivity index (χ1n) is 11.1. The van der Waals surface area contributed by atoms with Crippen LogP contribution in [0.15, 0.2) is 40.2 Å². The van der Waals surface area contributed by atoms with Gasteiger partial charge in [-0.1, -0.05) is 12.1 Å². The molecular formula is C25H23N5O7. The Morgan fingerprint density at radius 1 is 1.05 bits per heavy atom. The highest BCUT2D eigenvalue weighted by atomic mass is 16.3. The van der Waals surface area contributed by atoms with Gasteiger partial charge in [0, 0.05) is 23.5 Å². The minimum atomic E-state index is -1.43. The normalized spacial score (nSPS) is 13.5. The molecule has 0 unspecified atom stereocenters. The smallest absolute Gasteiger partial charge is 0.282 e. The molecule has 1 aliphatic rings. The molecule has 190 valence electrons. The van der Waals surface area contributed by atoms with E-state index < -0.39 is 48.6 Å². The Labute approximate surface area is 209 Å². The Bertz CT molecular complexity index is 1550. The molecule has 0 atom stereocenters. The number of nitriles is 1. The van der Waals surface area contributed by atoms with Crippen LogP contribution >= 0.6 is 0 Å². The van der Waals surface area contributed by atoms with Gasteiger partial charge in [-0.25, -0.2) is 0 Å². The highest BCUT2D eigenvalue weighted by Crippen LogP contribution is 2.35. The molecule has 1 aromatic heterocycles. The van der Waals surface area contributed by atoms with Crippen molar-refractivity contribution >= 4 is 34.5 Å². The molecular weight excluding hydrogens is 482 g/mol. The number of nitrogens with zero attached hydrogens (tertiary/aromatic N) is 4. The van der Waals surface area contributed by atoms with E-state index in [4.69, 9.17) is 0 Å². The summed E-state index contributed by atoms with van der Waals surface area (Å²) < 4.78 is 0.864. The number of carbonyl (C=O) groups is 2. The largest absolute Gasteiger partial charge is 0.494 e.